The van der Waals surface area contributed by atoms with Crippen molar-refractivity contribution in [1.82, 2.24) is 15.3 Å². The monoisotopic (exact) mass is 302 g/mol. The van der Waals surface area contributed by atoms with Crippen molar-refractivity contribution in [3.05, 3.63) is 47.7 Å². The number of amides is 1. The van der Waals surface area contributed by atoms with E-state index < -0.39 is 0 Å². The Kier molecular flexibility index (Phi) is 5.04. The number of carbonyl (C=O) groups excluding carboxylic acids is 1. The molecule has 0 saturated carbocycles. The lowest BCUT2D eigenvalue weighted by Gasteiger charge is -2.12. The molecule has 2 rings (SSSR count). The van der Waals surface area contributed by atoms with Gasteiger partial charge in [-0.1, -0.05) is 13.0 Å². The van der Waals surface area contributed by atoms with Gasteiger partial charge < -0.3 is 10.6 Å². The van der Waals surface area contributed by atoms with Crippen molar-refractivity contribution in [3.8, 4) is 0 Å². The number of hydrogen-bond donors (Lipinski definition) is 2. The van der Waals surface area contributed by atoms with Crippen LogP contribution in [0.15, 0.2) is 30.3 Å². The minimum atomic E-state index is -0.342. The average Bonchev–Trinajstić information content (AvgIpc) is 2.46. The fourth-order valence-corrected chi connectivity index (χ4v) is 1.86. The second-order valence-corrected chi connectivity index (χ2v) is 5.10. The predicted molar refractivity (Wildman–Crippen MR) is 83.7 cm³/mol. The third-order valence-corrected chi connectivity index (χ3v) is 3.16. The Balaban J connectivity index is 2.21. The van der Waals surface area contributed by atoms with Gasteiger partial charge in [0.15, 0.2) is 0 Å². The standard InChI is InChI=1S/C16H19FN4O/c1-4-10(2)18-16(22)14-9-15(20-11(3)19-14)21-13-7-5-6-12(17)8-13/h5-10H,4H2,1-3H3,(H,18,22)(H,19,20,21). The molecule has 0 saturated heterocycles. The van der Waals surface area contributed by atoms with Gasteiger partial charge >= 0.3 is 0 Å². The van der Waals surface area contributed by atoms with E-state index in [1.807, 2.05) is 13.8 Å². The summed E-state index contributed by atoms with van der Waals surface area (Å²) < 4.78 is 13.2. The van der Waals surface area contributed by atoms with Gasteiger partial charge in [-0.2, -0.15) is 0 Å². The molecule has 1 atom stereocenters. The van der Waals surface area contributed by atoms with E-state index in [1.165, 1.54) is 12.1 Å². The average molecular weight is 302 g/mol. The van der Waals surface area contributed by atoms with Crippen LogP contribution in [0.4, 0.5) is 15.9 Å². The number of halogens is 1. The third kappa shape index (κ3) is 4.25. The molecule has 1 aromatic heterocycles. The molecule has 6 heteroatoms. The van der Waals surface area contributed by atoms with E-state index in [0.29, 0.717) is 17.3 Å². The predicted octanol–water partition coefficient (Wildman–Crippen LogP) is 3.20. The summed E-state index contributed by atoms with van der Waals surface area (Å²) in [6.07, 6.45) is 0.838. The molecule has 116 valence electrons. The summed E-state index contributed by atoms with van der Waals surface area (Å²) >= 11 is 0. The van der Waals surface area contributed by atoms with Crippen LogP contribution < -0.4 is 10.6 Å². The van der Waals surface area contributed by atoms with Crippen molar-refractivity contribution in [2.24, 2.45) is 0 Å². The SMILES string of the molecule is CCC(C)NC(=O)c1cc(Nc2cccc(F)c2)nc(C)n1. The molecule has 0 bridgehead atoms. The Labute approximate surface area is 129 Å². The van der Waals surface area contributed by atoms with Crippen molar-refractivity contribution in [2.45, 2.75) is 33.2 Å². The third-order valence-electron chi connectivity index (χ3n) is 3.16. The van der Waals surface area contributed by atoms with Crippen molar-refractivity contribution < 1.29 is 9.18 Å². The number of nitrogens with one attached hydrogen (secondary N) is 2. The number of benzene rings is 1. The van der Waals surface area contributed by atoms with Gasteiger partial charge in [-0.05, 0) is 38.5 Å². The van der Waals surface area contributed by atoms with E-state index in [4.69, 9.17) is 0 Å². The quantitative estimate of drug-likeness (QED) is 0.890. The summed E-state index contributed by atoms with van der Waals surface area (Å²) in [5.41, 5.74) is 0.845. The highest BCUT2D eigenvalue weighted by Crippen LogP contribution is 2.16. The van der Waals surface area contributed by atoms with Gasteiger partial charge in [0, 0.05) is 17.8 Å². The second-order valence-electron chi connectivity index (χ2n) is 5.10. The number of aromatic nitrogens is 2. The Morgan fingerprint density at radius 1 is 1.32 bits per heavy atom. The van der Waals surface area contributed by atoms with Crippen LogP contribution in [0.1, 0.15) is 36.6 Å². The Bertz CT molecular complexity index is 675. The van der Waals surface area contributed by atoms with E-state index in [0.717, 1.165) is 6.42 Å². The molecule has 1 unspecified atom stereocenters. The molecule has 1 heterocycles. The van der Waals surface area contributed by atoms with Crippen molar-refractivity contribution in [2.75, 3.05) is 5.32 Å². The van der Waals surface area contributed by atoms with Gasteiger partial charge in [0.25, 0.3) is 5.91 Å². The van der Waals surface area contributed by atoms with E-state index in [2.05, 4.69) is 20.6 Å². The molecular formula is C16H19FN4O. The van der Waals surface area contributed by atoms with Crippen LogP contribution in [0.2, 0.25) is 0 Å². The molecule has 2 N–H and O–H groups in total. The van der Waals surface area contributed by atoms with Crippen molar-refractivity contribution >= 4 is 17.4 Å². The fraction of sp³-hybridized carbons (Fsp3) is 0.312. The maximum Gasteiger partial charge on any atom is 0.270 e. The van der Waals surface area contributed by atoms with Gasteiger partial charge in [-0.25, -0.2) is 14.4 Å². The maximum atomic E-state index is 13.2. The summed E-state index contributed by atoms with van der Waals surface area (Å²) in [7, 11) is 0. The smallest absolute Gasteiger partial charge is 0.270 e. The molecule has 0 aliphatic carbocycles. The van der Waals surface area contributed by atoms with E-state index in [-0.39, 0.29) is 23.5 Å². The van der Waals surface area contributed by atoms with Crippen LogP contribution in [0.3, 0.4) is 0 Å². The van der Waals surface area contributed by atoms with Crippen LogP contribution in [-0.2, 0) is 0 Å². The zero-order valence-corrected chi connectivity index (χ0v) is 12.9. The highest BCUT2D eigenvalue weighted by molar-refractivity contribution is 5.93. The Hall–Kier alpha value is -2.50. The molecule has 1 aromatic carbocycles. The van der Waals surface area contributed by atoms with Crippen LogP contribution >= 0.6 is 0 Å². The lowest BCUT2D eigenvalue weighted by molar-refractivity contribution is 0.0934. The summed E-state index contributed by atoms with van der Waals surface area (Å²) in [4.78, 5) is 20.5. The number of carbonyl (C=O) groups is 1. The fourth-order valence-electron chi connectivity index (χ4n) is 1.86. The lowest BCUT2D eigenvalue weighted by Crippen LogP contribution is -2.32. The summed E-state index contributed by atoms with van der Waals surface area (Å²) in [5.74, 6) is 0.329. The first-order valence-corrected chi connectivity index (χ1v) is 7.17. The molecule has 22 heavy (non-hydrogen) atoms. The van der Waals surface area contributed by atoms with Crippen LogP contribution in [0.5, 0.6) is 0 Å². The molecule has 0 radical (unpaired) electrons. The number of anilines is 2. The maximum absolute atomic E-state index is 13.2. The highest BCUT2D eigenvalue weighted by atomic mass is 19.1. The van der Waals surface area contributed by atoms with Gasteiger partial charge in [0.2, 0.25) is 0 Å². The van der Waals surface area contributed by atoms with Gasteiger partial charge in [0.1, 0.15) is 23.2 Å². The van der Waals surface area contributed by atoms with Gasteiger partial charge in [-0.15, -0.1) is 0 Å². The second kappa shape index (κ2) is 6.98. The molecule has 0 spiro atoms. The zero-order valence-electron chi connectivity index (χ0n) is 12.9. The topological polar surface area (TPSA) is 66.9 Å². The normalized spacial score (nSPS) is 11.8. The number of hydrogen-bond acceptors (Lipinski definition) is 4. The van der Waals surface area contributed by atoms with Crippen LogP contribution in [0, 0.1) is 12.7 Å². The lowest BCUT2D eigenvalue weighted by atomic mass is 10.2. The molecule has 5 nitrogen and oxygen atoms in total. The van der Waals surface area contributed by atoms with Gasteiger partial charge in [-0.3, -0.25) is 4.79 Å². The van der Waals surface area contributed by atoms with E-state index in [1.54, 1.807) is 25.1 Å². The number of nitrogens with zero attached hydrogens (tertiary/aromatic N) is 2. The minimum absolute atomic E-state index is 0.0717. The van der Waals surface area contributed by atoms with E-state index in [9.17, 15) is 9.18 Å². The first kappa shape index (κ1) is 15.9. The number of rotatable bonds is 5. The van der Waals surface area contributed by atoms with Crippen LogP contribution in [0.25, 0.3) is 0 Å². The molecule has 1 amide bonds. The van der Waals surface area contributed by atoms with Crippen molar-refractivity contribution in [1.29, 1.82) is 0 Å². The van der Waals surface area contributed by atoms with E-state index >= 15 is 0 Å². The highest BCUT2D eigenvalue weighted by Gasteiger charge is 2.12. The number of aryl methyl sites for hydroxylation is 1. The summed E-state index contributed by atoms with van der Waals surface area (Å²) in [6, 6.07) is 7.66. The molecule has 0 fully saturated rings. The first-order valence-electron chi connectivity index (χ1n) is 7.17. The molecule has 0 aliphatic heterocycles. The molecule has 0 aliphatic rings. The van der Waals surface area contributed by atoms with Crippen molar-refractivity contribution in [3.63, 3.8) is 0 Å². The summed E-state index contributed by atoms with van der Waals surface area (Å²) in [6.45, 7) is 5.63. The largest absolute Gasteiger partial charge is 0.348 e. The first-order chi connectivity index (χ1) is 10.5. The summed E-state index contributed by atoms with van der Waals surface area (Å²) in [5, 5.41) is 5.83. The molecule has 2 aromatic rings. The molecular weight excluding hydrogens is 283 g/mol. The minimum Gasteiger partial charge on any atom is -0.348 e. The van der Waals surface area contributed by atoms with Crippen LogP contribution in [-0.4, -0.2) is 21.9 Å². The Morgan fingerprint density at radius 2 is 2.09 bits per heavy atom. The Morgan fingerprint density at radius 3 is 2.77 bits per heavy atom. The zero-order chi connectivity index (χ0) is 16.1. The van der Waals surface area contributed by atoms with Gasteiger partial charge in [0.05, 0.1) is 0 Å².